The van der Waals surface area contributed by atoms with Crippen LogP contribution in [0.15, 0.2) is 42.6 Å². The van der Waals surface area contributed by atoms with Crippen molar-refractivity contribution in [2.45, 2.75) is 13.0 Å². The third-order valence-corrected chi connectivity index (χ3v) is 2.87. The summed E-state index contributed by atoms with van der Waals surface area (Å²) < 4.78 is 5.83. The zero-order valence-electron chi connectivity index (χ0n) is 11.0. The Kier molecular flexibility index (Phi) is 4.75. The highest BCUT2D eigenvalue weighted by Crippen LogP contribution is 2.21. The summed E-state index contributed by atoms with van der Waals surface area (Å²) in [7, 11) is 1.84. The summed E-state index contributed by atoms with van der Waals surface area (Å²) in [6.45, 7) is 0.571. The van der Waals surface area contributed by atoms with Crippen molar-refractivity contribution in [1.29, 1.82) is 0 Å². The van der Waals surface area contributed by atoms with Crippen molar-refractivity contribution < 1.29 is 9.84 Å². The molecule has 0 spiro atoms. The molecule has 1 heterocycles. The number of hydrogen-bond donors (Lipinski definition) is 2. The topological polar surface area (TPSA) is 54.4 Å². The Morgan fingerprint density at radius 2 is 1.95 bits per heavy atom. The van der Waals surface area contributed by atoms with Crippen LogP contribution in [-0.2, 0) is 13.0 Å². The molecular weight excluding hydrogens is 240 g/mol. The highest BCUT2D eigenvalue weighted by Gasteiger charge is 2.05. The second kappa shape index (κ2) is 6.75. The first kappa shape index (κ1) is 13.4. The van der Waals surface area contributed by atoms with Gasteiger partial charge in [-0.3, -0.25) is 0 Å². The predicted molar refractivity (Wildman–Crippen MR) is 75.3 cm³/mol. The lowest BCUT2D eigenvalue weighted by Crippen LogP contribution is -2.04. The number of aliphatic hydroxyl groups excluding tert-OH is 1. The van der Waals surface area contributed by atoms with Crippen molar-refractivity contribution in [3.63, 3.8) is 0 Å². The Hall–Kier alpha value is -2.07. The Balaban J connectivity index is 2.10. The number of benzene rings is 1. The van der Waals surface area contributed by atoms with E-state index in [9.17, 15) is 0 Å². The zero-order valence-corrected chi connectivity index (χ0v) is 11.0. The average molecular weight is 258 g/mol. The minimum Gasteiger partial charge on any atom is -0.488 e. The number of aliphatic hydroxyl groups is 1. The summed E-state index contributed by atoms with van der Waals surface area (Å²) in [5.74, 6) is 1.63. The van der Waals surface area contributed by atoms with Crippen molar-refractivity contribution >= 4 is 5.82 Å². The maximum absolute atomic E-state index is 9.04. The normalized spacial score (nSPS) is 10.2. The molecule has 19 heavy (non-hydrogen) atoms. The number of nitrogens with one attached hydrogen (secondary N) is 1. The number of anilines is 1. The Morgan fingerprint density at radius 3 is 2.74 bits per heavy atom. The van der Waals surface area contributed by atoms with Crippen molar-refractivity contribution in [2.75, 3.05) is 19.0 Å². The zero-order chi connectivity index (χ0) is 13.5. The number of aromatic nitrogens is 1. The molecule has 0 saturated heterocycles. The van der Waals surface area contributed by atoms with Gasteiger partial charge in [0.05, 0.1) is 0 Å². The standard InChI is InChI=1S/C15H18N2O2/c1-16-15-13(6-4-9-17-15)11-19-14-7-3-2-5-12(14)8-10-18/h2-7,9,18H,8,10-11H2,1H3,(H,16,17). The van der Waals surface area contributed by atoms with Gasteiger partial charge in [0.25, 0.3) is 0 Å². The van der Waals surface area contributed by atoms with Crippen molar-refractivity contribution in [1.82, 2.24) is 4.98 Å². The molecule has 0 aliphatic carbocycles. The van der Waals surface area contributed by atoms with Gasteiger partial charge >= 0.3 is 0 Å². The van der Waals surface area contributed by atoms with Gasteiger partial charge in [-0.05, 0) is 24.1 Å². The van der Waals surface area contributed by atoms with Gasteiger partial charge in [-0.2, -0.15) is 0 Å². The predicted octanol–water partition coefficient (Wildman–Crippen LogP) is 2.24. The van der Waals surface area contributed by atoms with Gasteiger partial charge in [0, 0.05) is 25.4 Å². The van der Waals surface area contributed by atoms with Gasteiger partial charge < -0.3 is 15.2 Å². The molecule has 2 N–H and O–H groups in total. The Bertz CT molecular complexity index is 529. The van der Waals surface area contributed by atoms with E-state index in [1.807, 2.05) is 43.4 Å². The molecule has 0 aliphatic rings. The SMILES string of the molecule is CNc1ncccc1COc1ccccc1CCO. The quantitative estimate of drug-likeness (QED) is 0.834. The highest BCUT2D eigenvalue weighted by atomic mass is 16.5. The third kappa shape index (κ3) is 3.45. The van der Waals surface area contributed by atoms with Gasteiger partial charge in [0.2, 0.25) is 0 Å². The summed E-state index contributed by atoms with van der Waals surface area (Å²) in [6.07, 6.45) is 2.34. The van der Waals surface area contributed by atoms with Crippen LogP contribution in [0.3, 0.4) is 0 Å². The molecule has 0 atom stereocenters. The van der Waals surface area contributed by atoms with Crippen LogP contribution in [0.25, 0.3) is 0 Å². The largest absolute Gasteiger partial charge is 0.488 e. The molecular formula is C15H18N2O2. The van der Waals surface area contributed by atoms with Crippen LogP contribution >= 0.6 is 0 Å². The molecule has 0 unspecified atom stereocenters. The second-order valence-electron chi connectivity index (χ2n) is 4.13. The Morgan fingerprint density at radius 1 is 1.16 bits per heavy atom. The summed E-state index contributed by atoms with van der Waals surface area (Å²) in [4.78, 5) is 4.24. The van der Waals surface area contributed by atoms with E-state index >= 15 is 0 Å². The number of ether oxygens (including phenoxy) is 1. The molecule has 1 aromatic heterocycles. The fourth-order valence-electron chi connectivity index (χ4n) is 1.91. The second-order valence-corrected chi connectivity index (χ2v) is 4.13. The number of nitrogens with zero attached hydrogens (tertiary/aromatic N) is 1. The molecule has 0 amide bonds. The van der Waals surface area contributed by atoms with Crippen LogP contribution < -0.4 is 10.1 Å². The van der Waals surface area contributed by atoms with E-state index in [0.717, 1.165) is 22.7 Å². The highest BCUT2D eigenvalue weighted by molar-refractivity contribution is 5.43. The average Bonchev–Trinajstić information content (AvgIpc) is 2.47. The lowest BCUT2D eigenvalue weighted by Gasteiger charge is -2.12. The molecule has 0 bridgehead atoms. The van der Waals surface area contributed by atoms with E-state index in [0.29, 0.717) is 13.0 Å². The molecule has 4 nitrogen and oxygen atoms in total. The van der Waals surface area contributed by atoms with E-state index in [4.69, 9.17) is 9.84 Å². The molecule has 4 heteroatoms. The number of para-hydroxylation sites is 1. The maximum Gasteiger partial charge on any atom is 0.132 e. The molecule has 0 fully saturated rings. The summed E-state index contributed by atoms with van der Waals surface area (Å²) >= 11 is 0. The molecule has 0 aliphatic heterocycles. The molecule has 1 aromatic carbocycles. The number of rotatable bonds is 6. The molecule has 2 rings (SSSR count). The minimum atomic E-state index is 0.120. The smallest absolute Gasteiger partial charge is 0.132 e. The van der Waals surface area contributed by atoms with Crippen molar-refractivity contribution in [3.05, 3.63) is 53.7 Å². The summed E-state index contributed by atoms with van der Waals surface area (Å²) in [6, 6.07) is 11.6. The van der Waals surface area contributed by atoms with Crippen molar-refractivity contribution in [2.24, 2.45) is 0 Å². The molecule has 0 saturated carbocycles. The molecule has 100 valence electrons. The van der Waals surface area contributed by atoms with Crippen LogP contribution in [0.2, 0.25) is 0 Å². The Labute approximate surface area is 113 Å². The monoisotopic (exact) mass is 258 g/mol. The van der Waals surface area contributed by atoms with Crippen LogP contribution in [0.5, 0.6) is 5.75 Å². The first-order valence-electron chi connectivity index (χ1n) is 6.28. The summed E-state index contributed by atoms with van der Waals surface area (Å²) in [5.41, 5.74) is 2.02. The van der Waals surface area contributed by atoms with E-state index in [2.05, 4.69) is 10.3 Å². The fraction of sp³-hybridized carbons (Fsp3) is 0.267. The van der Waals surface area contributed by atoms with Crippen LogP contribution in [0.1, 0.15) is 11.1 Å². The molecule has 2 aromatic rings. The van der Waals surface area contributed by atoms with Crippen molar-refractivity contribution in [3.8, 4) is 5.75 Å². The first-order valence-corrected chi connectivity index (χ1v) is 6.28. The number of hydrogen-bond acceptors (Lipinski definition) is 4. The molecule has 0 radical (unpaired) electrons. The summed E-state index contributed by atoms with van der Waals surface area (Å²) in [5, 5.41) is 12.1. The lowest BCUT2D eigenvalue weighted by molar-refractivity contribution is 0.284. The van der Waals surface area contributed by atoms with Gasteiger partial charge in [-0.1, -0.05) is 24.3 Å². The van der Waals surface area contributed by atoms with E-state index < -0.39 is 0 Å². The van der Waals surface area contributed by atoms with Gasteiger partial charge in [0.15, 0.2) is 0 Å². The minimum absolute atomic E-state index is 0.120. The van der Waals surface area contributed by atoms with E-state index in [1.54, 1.807) is 6.20 Å². The lowest BCUT2D eigenvalue weighted by atomic mass is 10.1. The van der Waals surface area contributed by atoms with E-state index in [-0.39, 0.29) is 6.61 Å². The van der Waals surface area contributed by atoms with Crippen LogP contribution in [0, 0.1) is 0 Å². The third-order valence-electron chi connectivity index (χ3n) is 2.87. The van der Waals surface area contributed by atoms with Gasteiger partial charge in [0.1, 0.15) is 18.2 Å². The van der Waals surface area contributed by atoms with Crippen LogP contribution in [-0.4, -0.2) is 23.7 Å². The van der Waals surface area contributed by atoms with Gasteiger partial charge in [-0.15, -0.1) is 0 Å². The fourth-order valence-corrected chi connectivity index (χ4v) is 1.91. The van der Waals surface area contributed by atoms with Gasteiger partial charge in [-0.25, -0.2) is 4.98 Å². The van der Waals surface area contributed by atoms with Crippen LogP contribution in [0.4, 0.5) is 5.82 Å². The van der Waals surface area contributed by atoms with E-state index in [1.165, 1.54) is 0 Å². The number of pyridine rings is 1. The first-order chi connectivity index (χ1) is 9.35. The maximum atomic E-state index is 9.04.